The molecule has 0 bridgehead atoms. The highest BCUT2D eigenvalue weighted by atomic mass is 16.6. The van der Waals surface area contributed by atoms with Gasteiger partial charge in [0.05, 0.1) is 4.92 Å². The second-order valence-electron chi connectivity index (χ2n) is 3.99. The molecule has 0 unspecified atom stereocenters. The van der Waals surface area contributed by atoms with Gasteiger partial charge < -0.3 is 10.1 Å². The van der Waals surface area contributed by atoms with Crippen molar-refractivity contribution in [3.05, 3.63) is 33.9 Å². The second-order valence-corrected chi connectivity index (χ2v) is 3.99. The molecule has 0 amide bonds. The summed E-state index contributed by atoms with van der Waals surface area (Å²) >= 11 is 0. The zero-order chi connectivity index (χ0) is 14.1. The third-order valence-corrected chi connectivity index (χ3v) is 2.46. The average Bonchev–Trinajstić information content (AvgIpc) is 2.42. The maximum Gasteiger partial charge on any atom is 0.289 e. The molecule has 0 saturated carbocycles. The van der Waals surface area contributed by atoms with E-state index in [0.29, 0.717) is 18.8 Å². The van der Waals surface area contributed by atoms with Crippen molar-refractivity contribution in [1.82, 2.24) is 0 Å². The van der Waals surface area contributed by atoms with Gasteiger partial charge in [0.15, 0.2) is 0 Å². The SMILES string of the molecule is CCCOCCCNc1ccc(C#N)c([N+](=O)[O-])c1. The van der Waals surface area contributed by atoms with Crippen molar-refractivity contribution in [1.29, 1.82) is 5.26 Å². The second kappa shape index (κ2) is 8.06. The van der Waals surface area contributed by atoms with Gasteiger partial charge in [0.25, 0.3) is 5.69 Å². The van der Waals surface area contributed by atoms with Gasteiger partial charge in [-0.3, -0.25) is 10.1 Å². The minimum Gasteiger partial charge on any atom is -0.385 e. The van der Waals surface area contributed by atoms with E-state index in [-0.39, 0.29) is 11.3 Å². The van der Waals surface area contributed by atoms with Crippen LogP contribution in [-0.2, 0) is 4.74 Å². The van der Waals surface area contributed by atoms with Crippen molar-refractivity contribution in [2.45, 2.75) is 19.8 Å². The van der Waals surface area contributed by atoms with E-state index in [9.17, 15) is 10.1 Å². The van der Waals surface area contributed by atoms with Gasteiger partial charge in [-0.05, 0) is 25.0 Å². The standard InChI is InChI=1S/C13H17N3O3/c1-2-7-19-8-3-6-15-12-5-4-11(10-14)13(9-12)16(17)18/h4-5,9,15H,2-3,6-8H2,1H3. The lowest BCUT2D eigenvalue weighted by Crippen LogP contribution is -2.06. The molecular weight excluding hydrogens is 246 g/mol. The number of benzene rings is 1. The van der Waals surface area contributed by atoms with E-state index >= 15 is 0 Å². The quantitative estimate of drug-likeness (QED) is 0.442. The molecule has 1 aromatic carbocycles. The predicted molar refractivity (Wildman–Crippen MR) is 72.0 cm³/mol. The highest BCUT2D eigenvalue weighted by molar-refractivity contribution is 5.59. The van der Waals surface area contributed by atoms with Crippen LogP contribution in [-0.4, -0.2) is 24.7 Å². The van der Waals surface area contributed by atoms with Crippen LogP contribution in [0.5, 0.6) is 0 Å². The van der Waals surface area contributed by atoms with Crippen molar-refractivity contribution in [2.75, 3.05) is 25.1 Å². The van der Waals surface area contributed by atoms with Gasteiger partial charge in [-0.2, -0.15) is 5.26 Å². The average molecular weight is 263 g/mol. The van der Waals surface area contributed by atoms with E-state index in [4.69, 9.17) is 10.00 Å². The van der Waals surface area contributed by atoms with E-state index in [1.54, 1.807) is 12.1 Å². The Bertz CT molecular complexity index is 469. The number of nitro groups is 1. The summed E-state index contributed by atoms with van der Waals surface area (Å²) in [6, 6.07) is 6.30. The zero-order valence-corrected chi connectivity index (χ0v) is 10.9. The number of nitro benzene ring substituents is 1. The van der Waals surface area contributed by atoms with Crippen LogP contribution in [0.2, 0.25) is 0 Å². The summed E-state index contributed by atoms with van der Waals surface area (Å²) in [5, 5.41) is 22.6. The number of nitrogens with one attached hydrogen (secondary N) is 1. The molecule has 0 aliphatic heterocycles. The third kappa shape index (κ3) is 4.94. The van der Waals surface area contributed by atoms with E-state index in [2.05, 4.69) is 5.32 Å². The smallest absolute Gasteiger partial charge is 0.289 e. The molecule has 0 aliphatic carbocycles. The number of nitrogens with zero attached hydrogens (tertiary/aromatic N) is 2. The van der Waals surface area contributed by atoms with Gasteiger partial charge in [0.2, 0.25) is 0 Å². The molecule has 0 spiro atoms. The van der Waals surface area contributed by atoms with Crippen LogP contribution in [0.1, 0.15) is 25.3 Å². The molecular formula is C13H17N3O3. The molecule has 1 aromatic rings. The monoisotopic (exact) mass is 263 g/mol. The summed E-state index contributed by atoms with van der Waals surface area (Å²) in [6.45, 7) is 4.14. The minimum absolute atomic E-state index is 0.0711. The number of anilines is 1. The maximum absolute atomic E-state index is 10.8. The fourth-order valence-corrected chi connectivity index (χ4v) is 1.54. The topological polar surface area (TPSA) is 88.2 Å². The first-order chi connectivity index (χ1) is 9.19. The summed E-state index contributed by atoms with van der Waals surface area (Å²) in [6.07, 6.45) is 1.82. The van der Waals surface area contributed by atoms with Crippen molar-refractivity contribution in [3.63, 3.8) is 0 Å². The summed E-state index contributed by atoms with van der Waals surface area (Å²) in [5.74, 6) is 0. The number of hydrogen-bond acceptors (Lipinski definition) is 5. The summed E-state index contributed by atoms with van der Waals surface area (Å²) in [4.78, 5) is 10.2. The van der Waals surface area contributed by atoms with Gasteiger partial charge >= 0.3 is 0 Å². The normalized spacial score (nSPS) is 9.89. The van der Waals surface area contributed by atoms with Crippen molar-refractivity contribution in [3.8, 4) is 6.07 Å². The molecule has 6 nitrogen and oxygen atoms in total. The molecule has 0 atom stereocenters. The Morgan fingerprint density at radius 3 is 2.89 bits per heavy atom. The van der Waals surface area contributed by atoms with Crippen LogP contribution in [0.15, 0.2) is 18.2 Å². The van der Waals surface area contributed by atoms with Crippen LogP contribution in [0.3, 0.4) is 0 Å². The molecule has 0 saturated heterocycles. The minimum atomic E-state index is -0.548. The van der Waals surface area contributed by atoms with E-state index < -0.39 is 4.92 Å². The first kappa shape index (κ1) is 14.9. The Balaban J connectivity index is 2.49. The summed E-state index contributed by atoms with van der Waals surface area (Å²) in [7, 11) is 0. The van der Waals surface area contributed by atoms with Gasteiger partial charge in [0, 0.05) is 31.5 Å². The maximum atomic E-state index is 10.8. The van der Waals surface area contributed by atoms with Crippen LogP contribution >= 0.6 is 0 Å². The lowest BCUT2D eigenvalue weighted by atomic mass is 10.2. The Morgan fingerprint density at radius 2 is 2.26 bits per heavy atom. The molecule has 6 heteroatoms. The van der Waals surface area contributed by atoms with Crippen LogP contribution in [0.4, 0.5) is 11.4 Å². The summed E-state index contributed by atoms with van der Waals surface area (Å²) < 4.78 is 5.33. The van der Waals surface area contributed by atoms with Gasteiger partial charge in [0.1, 0.15) is 11.6 Å². The molecule has 1 N–H and O–H groups in total. The van der Waals surface area contributed by atoms with Crippen LogP contribution in [0, 0.1) is 21.4 Å². The molecule has 1 rings (SSSR count). The molecule has 102 valence electrons. The fraction of sp³-hybridized carbons (Fsp3) is 0.462. The largest absolute Gasteiger partial charge is 0.385 e. The number of hydrogen-bond donors (Lipinski definition) is 1. The molecule has 0 aromatic heterocycles. The number of nitriles is 1. The van der Waals surface area contributed by atoms with Crippen molar-refractivity contribution < 1.29 is 9.66 Å². The molecule has 0 radical (unpaired) electrons. The molecule has 0 heterocycles. The van der Waals surface area contributed by atoms with Crippen molar-refractivity contribution >= 4 is 11.4 Å². The highest BCUT2D eigenvalue weighted by Crippen LogP contribution is 2.22. The van der Waals surface area contributed by atoms with Crippen LogP contribution in [0.25, 0.3) is 0 Å². The molecule has 0 aliphatic rings. The Labute approximate surface area is 112 Å². The Hall–Kier alpha value is -2.13. The zero-order valence-electron chi connectivity index (χ0n) is 10.9. The van der Waals surface area contributed by atoms with Gasteiger partial charge in [-0.25, -0.2) is 0 Å². The fourth-order valence-electron chi connectivity index (χ4n) is 1.54. The lowest BCUT2D eigenvalue weighted by molar-refractivity contribution is -0.385. The predicted octanol–water partition coefficient (Wildman–Crippen LogP) is 2.70. The third-order valence-electron chi connectivity index (χ3n) is 2.46. The first-order valence-corrected chi connectivity index (χ1v) is 6.19. The number of rotatable bonds is 8. The van der Waals surface area contributed by atoms with Crippen LogP contribution < -0.4 is 5.32 Å². The molecule has 0 fully saturated rings. The van der Waals surface area contributed by atoms with Gasteiger partial charge in [-0.1, -0.05) is 6.92 Å². The highest BCUT2D eigenvalue weighted by Gasteiger charge is 2.13. The van der Waals surface area contributed by atoms with E-state index in [1.807, 2.05) is 6.92 Å². The van der Waals surface area contributed by atoms with Gasteiger partial charge in [-0.15, -0.1) is 0 Å². The summed E-state index contributed by atoms with van der Waals surface area (Å²) in [5.41, 5.74) is 0.540. The number of ether oxygens (including phenoxy) is 1. The van der Waals surface area contributed by atoms with E-state index in [0.717, 1.165) is 19.4 Å². The Morgan fingerprint density at radius 1 is 1.47 bits per heavy atom. The van der Waals surface area contributed by atoms with E-state index in [1.165, 1.54) is 12.1 Å². The lowest BCUT2D eigenvalue weighted by Gasteiger charge is -2.07. The van der Waals surface area contributed by atoms with Crippen molar-refractivity contribution in [2.24, 2.45) is 0 Å². The first-order valence-electron chi connectivity index (χ1n) is 6.19. The molecule has 19 heavy (non-hydrogen) atoms. The Kier molecular flexibility index (Phi) is 6.33.